The molecule has 0 unspecified atom stereocenters. The average Bonchev–Trinajstić information content (AvgIpc) is 2.38. The second-order valence-electron chi connectivity index (χ2n) is 5.20. The van der Waals surface area contributed by atoms with Gasteiger partial charge in [-0.3, -0.25) is 15.0 Å². The lowest BCUT2D eigenvalue weighted by Gasteiger charge is -2.38. The van der Waals surface area contributed by atoms with Crippen LogP contribution in [0.4, 0.5) is 0 Å². The molecule has 22 heavy (non-hydrogen) atoms. The van der Waals surface area contributed by atoms with Gasteiger partial charge in [-0.05, 0) is 0 Å². The normalized spacial score (nSPS) is 21.1. The standard InChI is InChI=1S/C12H20N6O4/c1-5(2)10(20)18-9(15-6(3)19)7(16-12(13)14)4-8(17-18)11(21)22/h5,7,9H,4H2,1-3H3,(H,15,19)(H,21,22)(H4,13,14,16)/t7-,9-/m0/s1. The maximum absolute atomic E-state index is 12.3. The Morgan fingerprint density at radius 3 is 2.41 bits per heavy atom. The molecule has 1 aliphatic rings. The molecule has 1 rings (SSSR count). The first-order chi connectivity index (χ1) is 10.1. The monoisotopic (exact) mass is 312 g/mol. The molecule has 0 radical (unpaired) electrons. The van der Waals surface area contributed by atoms with Gasteiger partial charge in [0.15, 0.2) is 5.96 Å². The van der Waals surface area contributed by atoms with Crippen LogP contribution in [0.2, 0.25) is 0 Å². The van der Waals surface area contributed by atoms with Gasteiger partial charge in [-0.2, -0.15) is 5.10 Å². The number of hydrogen-bond donors (Lipinski definition) is 5. The van der Waals surface area contributed by atoms with Crippen molar-refractivity contribution in [2.75, 3.05) is 0 Å². The number of rotatable bonds is 4. The summed E-state index contributed by atoms with van der Waals surface area (Å²) in [5.74, 6) is -3.00. The van der Waals surface area contributed by atoms with Gasteiger partial charge in [0.25, 0.3) is 0 Å². The van der Waals surface area contributed by atoms with E-state index in [4.69, 9.17) is 16.2 Å². The third-order valence-corrected chi connectivity index (χ3v) is 2.94. The van der Waals surface area contributed by atoms with E-state index in [0.29, 0.717) is 0 Å². The van der Waals surface area contributed by atoms with Crippen LogP contribution in [-0.2, 0) is 14.4 Å². The van der Waals surface area contributed by atoms with Crippen molar-refractivity contribution in [1.29, 1.82) is 5.41 Å². The third kappa shape index (κ3) is 4.17. The quantitative estimate of drug-likeness (QED) is 0.318. The molecule has 2 atom stereocenters. The van der Waals surface area contributed by atoms with Crippen LogP contribution in [0.3, 0.4) is 0 Å². The number of carbonyl (C=O) groups is 3. The van der Waals surface area contributed by atoms with Crippen molar-refractivity contribution in [2.24, 2.45) is 16.8 Å². The van der Waals surface area contributed by atoms with Crippen molar-refractivity contribution in [3.8, 4) is 0 Å². The van der Waals surface area contributed by atoms with E-state index >= 15 is 0 Å². The van der Waals surface area contributed by atoms with E-state index in [0.717, 1.165) is 5.01 Å². The Labute approximate surface area is 127 Å². The number of nitrogens with zero attached hydrogens (tertiary/aromatic N) is 2. The van der Waals surface area contributed by atoms with E-state index in [9.17, 15) is 14.4 Å². The topological polar surface area (TPSA) is 161 Å². The zero-order valence-corrected chi connectivity index (χ0v) is 12.6. The summed E-state index contributed by atoms with van der Waals surface area (Å²) < 4.78 is 0. The fourth-order valence-corrected chi connectivity index (χ4v) is 2.00. The lowest BCUT2D eigenvalue weighted by molar-refractivity contribution is -0.140. The van der Waals surface area contributed by atoms with E-state index in [2.05, 4.69) is 15.7 Å². The SMILES string of the molecule is CC(=O)N[C@@H]1[C@@H](NC(=N)N)CC(C(=O)O)=NN1C(=O)C(C)C. The van der Waals surface area contributed by atoms with Crippen LogP contribution in [-0.4, -0.2) is 51.8 Å². The summed E-state index contributed by atoms with van der Waals surface area (Å²) in [7, 11) is 0. The second kappa shape index (κ2) is 6.87. The summed E-state index contributed by atoms with van der Waals surface area (Å²) in [5.41, 5.74) is 5.03. The Bertz CT molecular complexity index is 530. The highest BCUT2D eigenvalue weighted by Crippen LogP contribution is 2.18. The molecule has 1 aliphatic heterocycles. The highest BCUT2D eigenvalue weighted by Gasteiger charge is 2.39. The van der Waals surface area contributed by atoms with Gasteiger partial charge in [0, 0.05) is 19.3 Å². The molecule has 2 amide bonds. The van der Waals surface area contributed by atoms with Crippen molar-refractivity contribution < 1.29 is 19.5 Å². The van der Waals surface area contributed by atoms with Gasteiger partial charge >= 0.3 is 5.97 Å². The Hall–Kier alpha value is -2.65. The van der Waals surface area contributed by atoms with Crippen LogP contribution in [0.15, 0.2) is 5.10 Å². The fourth-order valence-electron chi connectivity index (χ4n) is 2.00. The van der Waals surface area contributed by atoms with E-state index < -0.39 is 41.9 Å². The minimum atomic E-state index is -1.28. The van der Waals surface area contributed by atoms with E-state index in [-0.39, 0.29) is 12.1 Å². The maximum Gasteiger partial charge on any atom is 0.352 e. The van der Waals surface area contributed by atoms with Gasteiger partial charge in [0.05, 0.1) is 6.04 Å². The molecule has 0 saturated carbocycles. The predicted molar refractivity (Wildman–Crippen MR) is 77.8 cm³/mol. The fraction of sp³-hybridized carbons (Fsp3) is 0.583. The van der Waals surface area contributed by atoms with Crippen molar-refractivity contribution in [2.45, 2.75) is 39.4 Å². The zero-order chi connectivity index (χ0) is 17.0. The molecule has 10 nitrogen and oxygen atoms in total. The highest BCUT2D eigenvalue weighted by molar-refractivity contribution is 6.36. The lowest BCUT2D eigenvalue weighted by atomic mass is 10.0. The van der Waals surface area contributed by atoms with Gasteiger partial charge < -0.3 is 21.5 Å². The number of hydrogen-bond acceptors (Lipinski definition) is 5. The van der Waals surface area contributed by atoms with E-state index in [1.807, 2.05) is 0 Å². The molecule has 0 fully saturated rings. The van der Waals surface area contributed by atoms with Crippen LogP contribution in [0.25, 0.3) is 0 Å². The summed E-state index contributed by atoms with van der Waals surface area (Å²) in [4.78, 5) is 34.8. The molecular weight excluding hydrogens is 292 g/mol. The Balaban J connectivity index is 3.25. The van der Waals surface area contributed by atoms with Crippen LogP contribution in [0.5, 0.6) is 0 Å². The molecule has 0 aromatic carbocycles. The summed E-state index contributed by atoms with van der Waals surface area (Å²) in [6.45, 7) is 4.52. The Morgan fingerprint density at radius 2 is 2.00 bits per heavy atom. The van der Waals surface area contributed by atoms with Gasteiger partial charge in [0.1, 0.15) is 11.9 Å². The third-order valence-electron chi connectivity index (χ3n) is 2.94. The molecule has 0 aliphatic carbocycles. The highest BCUT2D eigenvalue weighted by atomic mass is 16.4. The molecule has 1 heterocycles. The number of nitrogens with two attached hydrogens (primary N) is 1. The number of guanidine groups is 1. The predicted octanol–water partition coefficient (Wildman–Crippen LogP) is -1.37. The largest absolute Gasteiger partial charge is 0.477 e. The molecule has 6 N–H and O–H groups in total. The van der Waals surface area contributed by atoms with Crippen LogP contribution in [0, 0.1) is 11.3 Å². The molecule has 0 saturated heterocycles. The summed E-state index contributed by atoms with van der Waals surface area (Å²) in [5, 5.41) is 26.3. The maximum atomic E-state index is 12.3. The minimum Gasteiger partial charge on any atom is -0.477 e. The van der Waals surface area contributed by atoms with Crippen molar-refractivity contribution in [3.63, 3.8) is 0 Å². The zero-order valence-electron chi connectivity index (χ0n) is 12.6. The van der Waals surface area contributed by atoms with Gasteiger partial charge in [-0.25, -0.2) is 9.80 Å². The first kappa shape index (κ1) is 17.4. The minimum absolute atomic E-state index is 0.0955. The smallest absolute Gasteiger partial charge is 0.352 e. The molecule has 122 valence electrons. The number of carboxylic acid groups (broad SMARTS) is 1. The lowest BCUT2D eigenvalue weighted by Crippen LogP contribution is -2.64. The molecule has 0 aromatic rings. The van der Waals surface area contributed by atoms with Crippen LogP contribution in [0.1, 0.15) is 27.2 Å². The molecule has 0 aromatic heterocycles. The van der Waals surface area contributed by atoms with Gasteiger partial charge in [-0.15, -0.1) is 0 Å². The first-order valence-electron chi connectivity index (χ1n) is 6.65. The molecule has 0 spiro atoms. The number of carbonyl (C=O) groups excluding carboxylic acids is 2. The Kier molecular flexibility index (Phi) is 5.44. The molecular formula is C12H20N6O4. The van der Waals surface area contributed by atoms with Gasteiger partial charge in [0.2, 0.25) is 11.8 Å². The summed E-state index contributed by atoms with van der Waals surface area (Å²) in [6.07, 6.45) is -1.03. The summed E-state index contributed by atoms with van der Waals surface area (Å²) >= 11 is 0. The van der Waals surface area contributed by atoms with Crippen molar-refractivity contribution in [1.82, 2.24) is 15.6 Å². The summed E-state index contributed by atoms with van der Waals surface area (Å²) in [6, 6.07) is -0.771. The van der Waals surface area contributed by atoms with Crippen LogP contribution < -0.4 is 16.4 Å². The van der Waals surface area contributed by atoms with E-state index in [1.54, 1.807) is 13.8 Å². The second-order valence-corrected chi connectivity index (χ2v) is 5.20. The average molecular weight is 312 g/mol. The number of carboxylic acids is 1. The van der Waals surface area contributed by atoms with Crippen molar-refractivity contribution in [3.05, 3.63) is 0 Å². The number of nitrogens with one attached hydrogen (secondary N) is 3. The number of aliphatic carboxylic acids is 1. The van der Waals surface area contributed by atoms with Crippen molar-refractivity contribution >= 4 is 29.5 Å². The molecule has 0 bridgehead atoms. The Morgan fingerprint density at radius 1 is 1.41 bits per heavy atom. The van der Waals surface area contributed by atoms with Gasteiger partial charge in [-0.1, -0.05) is 13.8 Å². The molecule has 10 heteroatoms. The number of hydrazone groups is 1. The van der Waals surface area contributed by atoms with E-state index in [1.165, 1.54) is 6.92 Å². The van der Waals surface area contributed by atoms with Crippen LogP contribution >= 0.6 is 0 Å². The first-order valence-corrected chi connectivity index (χ1v) is 6.65. The number of amides is 2.